The molecule has 6 rings (SSSR count). The Hall–Kier alpha value is -4.96. The highest BCUT2D eigenvalue weighted by Crippen LogP contribution is 2.49. The van der Waals surface area contributed by atoms with Crippen molar-refractivity contribution in [3.63, 3.8) is 0 Å². The normalized spacial score (nSPS) is 11.6. The Bertz CT molecular complexity index is 2280. The maximum Gasteiger partial charge on any atom is 0.416 e. The zero-order chi connectivity index (χ0) is 40.4. The molecule has 0 unspecified atom stereocenters. The Morgan fingerprint density at radius 2 is 0.964 bits per heavy atom. The van der Waals surface area contributed by atoms with Crippen LogP contribution in [0.3, 0.4) is 0 Å². The Morgan fingerprint density at radius 1 is 0.607 bits per heavy atom. The minimum absolute atomic E-state index is 0.0297. The first-order valence-corrected chi connectivity index (χ1v) is 18.8. The molecule has 0 amide bonds. The topological polar surface area (TPSA) is 159 Å². The number of nitrogens with one attached hydrogen (secondary N) is 2. The number of rotatable bonds is 11. The van der Waals surface area contributed by atoms with Crippen LogP contribution in [0, 0.1) is 22.7 Å². The van der Waals surface area contributed by atoms with Crippen LogP contribution in [0.4, 0.5) is 38.0 Å². The standard InChI is InChI=1S/C32H16Cl4F6N12S2/c33-19-5-15(31(37,38)39)6-20(34)25(19)53-29(49-13-17-11-45-1-3-47-17)27(23(9-43)51-53)55-56-28-24(10-44)52-54(30(28)50-14-18-12-46-2-4-48-18)26-21(35)7-16(8-22(26)36)32(40,41)42/h1-8,11-12,49-50H,13-14H2. The molecule has 4 aromatic heterocycles. The van der Waals surface area contributed by atoms with E-state index in [0.717, 1.165) is 31.0 Å². The fourth-order valence-electron chi connectivity index (χ4n) is 4.88. The van der Waals surface area contributed by atoms with Crippen LogP contribution in [0.1, 0.15) is 33.9 Å². The molecule has 0 radical (unpaired) electrons. The van der Waals surface area contributed by atoms with Gasteiger partial charge in [-0.1, -0.05) is 46.4 Å². The molecule has 4 heterocycles. The van der Waals surface area contributed by atoms with E-state index < -0.39 is 43.6 Å². The maximum atomic E-state index is 13.6. The highest BCUT2D eigenvalue weighted by atomic mass is 35.5. The van der Waals surface area contributed by atoms with Crippen LogP contribution in [-0.4, -0.2) is 39.5 Å². The number of halogens is 10. The maximum absolute atomic E-state index is 13.6. The van der Waals surface area contributed by atoms with Gasteiger partial charge < -0.3 is 10.6 Å². The molecule has 0 bridgehead atoms. The number of hydrogen-bond donors (Lipinski definition) is 2. The number of anilines is 2. The molecule has 286 valence electrons. The number of benzene rings is 2. The second-order valence-electron chi connectivity index (χ2n) is 10.9. The lowest BCUT2D eigenvalue weighted by atomic mass is 10.2. The number of alkyl halides is 6. The van der Waals surface area contributed by atoms with E-state index in [2.05, 4.69) is 40.8 Å². The molecule has 0 aliphatic carbocycles. The molecule has 0 aliphatic heterocycles. The molecule has 0 atom stereocenters. The quantitative estimate of drug-likeness (QED) is 0.0938. The summed E-state index contributed by atoms with van der Waals surface area (Å²) in [5, 5.41) is 33.4. The molecule has 2 aromatic carbocycles. The van der Waals surface area contributed by atoms with Crippen LogP contribution in [0.2, 0.25) is 20.1 Å². The van der Waals surface area contributed by atoms with E-state index in [1.54, 1.807) is 0 Å². The number of hydrogen-bond acceptors (Lipinski definition) is 12. The lowest BCUT2D eigenvalue weighted by Crippen LogP contribution is -2.11. The van der Waals surface area contributed by atoms with Crippen molar-refractivity contribution in [1.82, 2.24) is 39.5 Å². The van der Waals surface area contributed by atoms with Crippen LogP contribution in [0.25, 0.3) is 11.4 Å². The van der Waals surface area contributed by atoms with E-state index in [-0.39, 0.29) is 57.3 Å². The Morgan fingerprint density at radius 3 is 1.25 bits per heavy atom. The van der Waals surface area contributed by atoms with Crippen molar-refractivity contribution in [3.8, 4) is 23.5 Å². The van der Waals surface area contributed by atoms with Gasteiger partial charge in [0.1, 0.15) is 35.1 Å². The van der Waals surface area contributed by atoms with E-state index in [0.29, 0.717) is 35.7 Å². The van der Waals surface area contributed by atoms with E-state index in [4.69, 9.17) is 46.4 Å². The van der Waals surface area contributed by atoms with Crippen LogP contribution in [-0.2, 0) is 25.4 Å². The first kappa shape index (κ1) is 40.7. The Kier molecular flexibility index (Phi) is 12.1. The average molecular weight is 888 g/mol. The fraction of sp³-hybridized carbons (Fsp3) is 0.125. The SMILES string of the molecule is N#Cc1nn(-c2c(Cl)cc(C(F)(F)F)cc2Cl)c(NCc2cnccn2)c1SSc1c(C#N)nn(-c2c(Cl)cc(C(F)(F)F)cc2Cl)c1NCc1cnccn1. The summed E-state index contributed by atoms with van der Waals surface area (Å²) in [6.45, 7) is -0.0641. The summed E-state index contributed by atoms with van der Waals surface area (Å²) < 4.78 is 83.7. The summed E-state index contributed by atoms with van der Waals surface area (Å²) in [5.41, 5.74) is -2.30. The van der Waals surface area contributed by atoms with Crippen molar-refractivity contribution in [2.75, 3.05) is 10.6 Å². The van der Waals surface area contributed by atoms with Crippen molar-refractivity contribution in [2.45, 2.75) is 35.2 Å². The molecule has 0 spiro atoms. The minimum Gasteiger partial charge on any atom is -0.363 e. The van der Waals surface area contributed by atoms with Gasteiger partial charge in [0.05, 0.1) is 77.9 Å². The van der Waals surface area contributed by atoms with Crippen LogP contribution in [0.5, 0.6) is 0 Å². The third-order valence-electron chi connectivity index (χ3n) is 7.32. The molecule has 2 N–H and O–H groups in total. The van der Waals surface area contributed by atoms with Crippen molar-refractivity contribution in [2.24, 2.45) is 0 Å². The zero-order valence-electron chi connectivity index (χ0n) is 27.3. The van der Waals surface area contributed by atoms with Gasteiger partial charge in [0, 0.05) is 24.8 Å². The molecule has 0 aliphatic rings. The molecule has 12 nitrogen and oxygen atoms in total. The second kappa shape index (κ2) is 16.6. The summed E-state index contributed by atoms with van der Waals surface area (Å²) >= 11 is 25.5. The van der Waals surface area contributed by atoms with Crippen LogP contribution in [0.15, 0.2) is 71.2 Å². The lowest BCUT2D eigenvalue weighted by Gasteiger charge is -2.16. The van der Waals surface area contributed by atoms with Crippen LogP contribution < -0.4 is 10.6 Å². The average Bonchev–Trinajstić information content (AvgIpc) is 3.68. The van der Waals surface area contributed by atoms with Gasteiger partial charge in [-0.15, -0.1) is 0 Å². The molecular formula is C32H16Cl4F6N12S2. The van der Waals surface area contributed by atoms with Gasteiger partial charge in [-0.25, -0.2) is 9.36 Å². The zero-order valence-corrected chi connectivity index (χ0v) is 31.9. The lowest BCUT2D eigenvalue weighted by molar-refractivity contribution is -0.138. The van der Waals surface area contributed by atoms with Gasteiger partial charge in [0.15, 0.2) is 11.4 Å². The first-order valence-electron chi connectivity index (χ1n) is 15.1. The summed E-state index contributed by atoms with van der Waals surface area (Å²) in [6.07, 6.45) is -0.947. The number of nitrogens with zero attached hydrogens (tertiary/aromatic N) is 10. The number of nitriles is 2. The highest BCUT2D eigenvalue weighted by molar-refractivity contribution is 8.76. The smallest absolute Gasteiger partial charge is 0.363 e. The first-order chi connectivity index (χ1) is 26.6. The predicted molar refractivity (Wildman–Crippen MR) is 197 cm³/mol. The van der Waals surface area contributed by atoms with Crippen molar-refractivity contribution in [1.29, 1.82) is 10.5 Å². The molecule has 0 saturated carbocycles. The predicted octanol–water partition coefficient (Wildman–Crippen LogP) is 10.1. The molecule has 24 heteroatoms. The van der Waals surface area contributed by atoms with E-state index in [9.17, 15) is 36.9 Å². The van der Waals surface area contributed by atoms with Gasteiger partial charge in [-0.3, -0.25) is 19.9 Å². The highest BCUT2D eigenvalue weighted by Gasteiger charge is 2.35. The molecule has 0 fully saturated rings. The third kappa shape index (κ3) is 8.70. The van der Waals surface area contributed by atoms with E-state index in [1.807, 2.05) is 12.1 Å². The monoisotopic (exact) mass is 886 g/mol. The summed E-state index contributed by atoms with van der Waals surface area (Å²) in [7, 11) is 1.74. The second-order valence-corrected chi connectivity index (χ2v) is 14.7. The van der Waals surface area contributed by atoms with Gasteiger partial charge >= 0.3 is 12.4 Å². The Balaban J connectivity index is 1.48. The van der Waals surface area contributed by atoms with E-state index >= 15 is 0 Å². The molecule has 6 aromatic rings. The van der Waals surface area contributed by atoms with Crippen molar-refractivity contribution < 1.29 is 26.3 Å². The fourth-order valence-corrected chi connectivity index (χ4v) is 8.60. The molecular weight excluding hydrogens is 872 g/mol. The number of aromatic nitrogens is 8. The molecule has 56 heavy (non-hydrogen) atoms. The van der Waals surface area contributed by atoms with Crippen LogP contribution >= 0.6 is 68.0 Å². The molecule has 0 saturated heterocycles. The minimum atomic E-state index is -4.78. The third-order valence-corrected chi connectivity index (χ3v) is 10.9. The largest absolute Gasteiger partial charge is 0.416 e. The Labute approximate surface area is 339 Å². The van der Waals surface area contributed by atoms with Gasteiger partial charge in [-0.2, -0.15) is 47.1 Å². The summed E-state index contributed by atoms with van der Waals surface area (Å²) in [6, 6.07) is 6.52. The van der Waals surface area contributed by atoms with Gasteiger partial charge in [0.2, 0.25) is 0 Å². The van der Waals surface area contributed by atoms with Crippen molar-refractivity contribution >= 4 is 79.6 Å². The van der Waals surface area contributed by atoms with Gasteiger partial charge in [0.25, 0.3) is 0 Å². The summed E-state index contributed by atoms with van der Waals surface area (Å²) in [4.78, 5) is 16.6. The van der Waals surface area contributed by atoms with E-state index in [1.165, 1.54) is 37.2 Å². The van der Waals surface area contributed by atoms with Crippen molar-refractivity contribution in [3.05, 3.63) is 115 Å². The summed E-state index contributed by atoms with van der Waals surface area (Å²) in [5.74, 6) is 0.0594. The van der Waals surface area contributed by atoms with Gasteiger partial charge in [-0.05, 0) is 45.9 Å².